The maximum Gasteiger partial charge on any atom is 0.166 e. The fourth-order valence-electron chi connectivity index (χ4n) is 3.86. The summed E-state index contributed by atoms with van der Waals surface area (Å²) in [4.78, 5) is 13.8. The quantitative estimate of drug-likeness (QED) is 0.122. The van der Waals surface area contributed by atoms with Gasteiger partial charge in [0, 0.05) is 5.69 Å². The van der Waals surface area contributed by atoms with Crippen molar-refractivity contribution < 1.29 is 4.79 Å². The zero-order valence-electron chi connectivity index (χ0n) is 19.7. The van der Waals surface area contributed by atoms with E-state index < -0.39 is 0 Å². The van der Waals surface area contributed by atoms with Crippen molar-refractivity contribution in [1.29, 1.82) is 0 Å². The van der Waals surface area contributed by atoms with E-state index in [0.29, 0.717) is 5.69 Å². The van der Waals surface area contributed by atoms with Gasteiger partial charge in [0.1, 0.15) is 0 Å². The highest BCUT2D eigenvalue weighted by Gasteiger charge is 1.98. The van der Waals surface area contributed by atoms with Crippen molar-refractivity contribution in [2.24, 2.45) is 0 Å². The monoisotopic (exact) mass is 413 g/mol. The molecule has 0 spiro atoms. The molecule has 1 aromatic heterocycles. The summed E-state index contributed by atoms with van der Waals surface area (Å²) in [6.07, 6.45) is 34.0. The Hall–Kier alpha value is -1.57. The number of allylic oxidation sites excluding steroid dienone is 4. The van der Waals surface area contributed by atoms with E-state index in [1.807, 2.05) is 12.1 Å². The maximum atomic E-state index is 10.6. The van der Waals surface area contributed by atoms with Crippen LogP contribution in [0.15, 0.2) is 36.4 Å². The molecule has 0 fully saturated rings. The summed E-state index contributed by atoms with van der Waals surface area (Å²) in [7, 11) is 0. The predicted molar refractivity (Wildman–Crippen MR) is 132 cm³/mol. The minimum atomic E-state index is 0.697. The van der Waals surface area contributed by atoms with Gasteiger partial charge in [-0.05, 0) is 57.1 Å². The summed E-state index contributed by atoms with van der Waals surface area (Å²) in [5, 5.41) is 0. The van der Waals surface area contributed by atoms with Crippen LogP contribution < -0.4 is 0 Å². The second-order valence-corrected chi connectivity index (χ2v) is 8.66. The molecule has 2 heteroatoms. The Labute approximate surface area is 186 Å². The van der Waals surface area contributed by atoms with Crippen molar-refractivity contribution in [2.45, 2.75) is 122 Å². The summed E-state index contributed by atoms with van der Waals surface area (Å²) in [6.45, 7) is 2.26. The molecular formula is C28H47NO. The minimum absolute atomic E-state index is 0.697. The molecule has 0 radical (unpaired) electrons. The van der Waals surface area contributed by atoms with Crippen LogP contribution in [0.25, 0.3) is 0 Å². The average molecular weight is 414 g/mol. The molecule has 0 aliphatic carbocycles. The SMILES string of the molecule is CCCCCC=CCC=CCCCCCCCCCCCCCc1ccc(C=O)[nH]1. The first-order chi connectivity index (χ1) is 14.9. The number of aromatic amines is 1. The van der Waals surface area contributed by atoms with Gasteiger partial charge < -0.3 is 4.98 Å². The molecule has 1 rings (SSSR count). The molecule has 2 nitrogen and oxygen atoms in total. The van der Waals surface area contributed by atoms with Crippen LogP contribution in [-0.4, -0.2) is 11.3 Å². The normalized spacial score (nSPS) is 11.8. The molecule has 0 bridgehead atoms. The van der Waals surface area contributed by atoms with Gasteiger partial charge in [-0.15, -0.1) is 0 Å². The summed E-state index contributed by atoms with van der Waals surface area (Å²) in [5.41, 5.74) is 1.89. The van der Waals surface area contributed by atoms with Crippen molar-refractivity contribution in [1.82, 2.24) is 4.98 Å². The average Bonchev–Trinajstić information content (AvgIpc) is 3.23. The molecule has 0 saturated heterocycles. The van der Waals surface area contributed by atoms with E-state index in [-0.39, 0.29) is 0 Å². The van der Waals surface area contributed by atoms with Crippen molar-refractivity contribution in [3.8, 4) is 0 Å². The Morgan fingerprint density at radius 2 is 1.20 bits per heavy atom. The minimum Gasteiger partial charge on any atom is -0.356 e. The van der Waals surface area contributed by atoms with Gasteiger partial charge in [0.2, 0.25) is 0 Å². The lowest BCUT2D eigenvalue weighted by Crippen LogP contribution is -1.88. The van der Waals surface area contributed by atoms with E-state index in [1.165, 1.54) is 108 Å². The summed E-state index contributed by atoms with van der Waals surface area (Å²) >= 11 is 0. The first-order valence-corrected chi connectivity index (χ1v) is 12.8. The lowest BCUT2D eigenvalue weighted by atomic mass is 10.0. The molecule has 0 unspecified atom stereocenters. The van der Waals surface area contributed by atoms with Crippen molar-refractivity contribution in [2.75, 3.05) is 0 Å². The number of H-pyrrole nitrogens is 1. The zero-order chi connectivity index (χ0) is 21.5. The van der Waals surface area contributed by atoms with Crippen LogP contribution in [0.4, 0.5) is 0 Å². The number of aldehydes is 1. The van der Waals surface area contributed by atoms with Crippen LogP contribution in [0.2, 0.25) is 0 Å². The van der Waals surface area contributed by atoms with Crippen LogP contribution in [0, 0.1) is 0 Å². The molecule has 0 amide bonds. The van der Waals surface area contributed by atoms with Gasteiger partial charge in [-0.25, -0.2) is 0 Å². The zero-order valence-corrected chi connectivity index (χ0v) is 19.7. The number of aromatic nitrogens is 1. The highest BCUT2D eigenvalue weighted by atomic mass is 16.1. The van der Waals surface area contributed by atoms with Crippen LogP contribution in [0.1, 0.15) is 132 Å². The smallest absolute Gasteiger partial charge is 0.166 e. The summed E-state index contributed by atoms with van der Waals surface area (Å²) in [6, 6.07) is 3.90. The molecule has 170 valence electrons. The Balaban J connectivity index is 1.75. The molecule has 30 heavy (non-hydrogen) atoms. The number of carbonyl (C=O) groups excluding carboxylic acids is 1. The van der Waals surface area contributed by atoms with Crippen LogP contribution in [0.3, 0.4) is 0 Å². The number of hydrogen-bond donors (Lipinski definition) is 1. The third-order valence-electron chi connectivity index (χ3n) is 5.79. The van der Waals surface area contributed by atoms with Crippen LogP contribution >= 0.6 is 0 Å². The van der Waals surface area contributed by atoms with E-state index >= 15 is 0 Å². The highest BCUT2D eigenvalue weighted by Crippen LogP contribution is 2.13. The largest absolute Gasteiger partial charge is 0.356 e. The number of nitrogens with one attached hydrogen (secondary N) is 1. The van der Waals surface area contributed by atoms with E-state index in [2.05, 4.69) is 36.2 Å². The Morgan fingerprint density at radius 1 is 0.667 bits per heavy atom. The van der Waals surface area contributed by atoms with E-state index in [1.54, 1.807) is 0 Å². The Bertz CT molecular complexity index is 555. The van der Waals surface area contributed by atoms with Crippen molar-refractivity contribution >= 4 is 6.29 Å². The second kappa shape index (κ2) is 20.7. The van der Waals surface area contributed by atoms with Gasteiger partial charge >= 0.3 is 0 Å². The Morgan fingerprint density at radius 3 is 1.73 bits per heavy atom. The topological polar surface area (TPSA) is 32.9 Å². The number of rotatable bonds is 21. The standard InChI is InChI=1S/C28H47NO/c1-2-3-4-5-6-7-8-9-10-11-12-13-14-15-16-17-18-19-20-21-22-23-27-24-25-28(26-30)29-27/h6-7,9-10,24-26,29H,2-5,8,11-23H2,1H3. The number of carbonyl (C=O) groups is 1. The highest BCUT2D eigenvalue weighted by molar-refractivity contribution is 5.71. The van der Waals surface area contributed by atoms with E-state index in [9.17, 15) is 4.79 Å². The molecule has 1 heterocycles. The molecule has 0 aromatic carbocycles. The fourth-order valence-corrected chi connectivity index (χ4v) is 3.86. The van der Waals surface area contributed by atoms with Gasteiger partial charge in [0.05, 0.1) is 5.69 Å². The summed E-state index contributed by atoms with van der Waals surface area (Å²) < 4.78 is 0. The third kappa shape index (κ3) is 16.3. The van der Waals surface area contributed by atoms with Gasteiger partial charge in [-0.1, -0.05) is 102 Å². The lowest BCUT2D eigenvalue weighted by Gasteiger charge is -2.03. The number of aryl methyl sites for hydroxylation is 1. The first kappa shape index (κ1) is 26.5. The number of unbranched alkanes of at least 4 members (excludes halogenated alkanes) is 14. The Kier molecular flexibility index (Phi) is 18.3. The van der Waals surface area contributed by atoms with Gasteiger partial charge in [-0.2, -0.15) is 0 Å². The van der Waals surface area contributed by atoms with Crippen LogP contribution in [0.5, 0.6) is 0 Å². The molecule has 0 aliphatic rings. The molecule has 1 aromatic rings. The van der Waals surface area contributed by atoms with Crippen molar-refractivity contribution in [3.05, 3.63) is 47.8 Å². The molecule has 1 N–H and O–H groups in total. The first-order valence-electron chi connectivity index (χ1n) is 12.8. The van der Waals surface area contributed by atoms with E-state index in [0.717, 1.165) is 19.1 Å². The van der Waals surface area contributed by atoms with Gasteiger partial charge in [0.15, 0.2) is 6.29 Å². The maximum absolute atomic E-state index is 10.6. The molecule has 0 saturated carbocycles. The number of hydrogen-bond acceptors (Lipinski definition) is 1. The van der Waals surface area contributed by atoms with Crippen molar-refractivity contribution in [3.63, 3.8) is 0 Å². The second-order valence-electron chi connectivity index (χ2n) is 8.66. The van der Waals surface area contributed by atoms with Gasteiger partial charge in [0.25, 0.3) is 0 Å². The van der Waals surface area contributed by atoms with Gasteiger partial charge in [-0.3, -0.25) is 4.79 Å². The van der Waals surface area contributed by atoms with E-state index in [4.69, 9.17) is 0 Å². The van der Waals surface area contributed by atoms with Crippen LogP contribution in [-0.2, 0) is 6.42 Å². The fraction of sp³-hybridized carbons (Fsp3) is 0.679. The summed E-state index contributed by atoms with van der Waals surface area (Å²) in [5.74, 6) is 0. The molecule has 0 atom stereocenters. The third-order valence-corrected chi connectivity index (χ3v) is 5.79. The molecular weight excluding hydrogens is 366 g/mol. The lowest BCUT2D eigenvalue weighted by molar-refractivity contribution is 0.111. The molecule has 0 aliphatic heterocycles. The predicted octanol–water partition coefficient (Wildman–Crippen LogP) is 9.13.